The number of halogens is 1. The summed E-state index contributed by atoms with van der Waals surface area (Å²) in [4.78, 5) is 11.9. The second kappa shape index (κ2) is 6.67. The molecule has 1 amide bonds. The number of rotatable bonds is 4. The van der Waals surface area contributed by atoms with Gasteiger partial charge in [-0.2, -0.15) is 0 Å². The highest BCUT2D eigenvalue weighted by molar-refractivity contribution is 9.10. The molecule has 0 spiro atoms. The molecule has 1 fully saturated rings. The third kappa shape index (κ3) is 3.62. The van der Waals surface area contributed by atoms with E-state index in [1.54, 1.807) is 31.2 Å². The van der Waals surface area contributed by atoms with Crippen LogP contribution in [0, 0.1) is 6.92 Å². The number of carbonyl (C=O) groups is 1. The van der Waals surface area contributed by atoms with Gasteiger partial charge in [0, 0.05) is 16.6 Å². The molecule has 0 bridgehead atoms. The first-order valence-corrected chi connectivity index (χ1v) is 11.4. The average molecular weight is 459 g/mol. The van der Waals surface area contributed by atoms with Gasteiger partial charge in [0.2, 0.25) is 15.9 Å². The van der Waals surface area contributed by atoms with Crippen molar-refractivity contribution in [3.63, 3.8) is 0 Å². The Morgan fingerprint density at radius 1 is 1.15 bits per heavy atom. The highest BCUT2D eigenvalue weighted by Crippen LogP contribution is 2.29. The monoisotopic (exact) mass is 458 g/mol. The fraction of sp³-hybridized carbons (Fsp3) is 0.188. The number of nitrogens with one attached hydrogen (secondary N) is 1. The second-order valence-electron chi connectivity index (χ2n) is 5.79. The van der Waals surface area contributed by atoms with E-state index in [1.807, 2.05) is 0 Å². The maximum Gasteiger partial charge on any atom is 0.262 e. The predicted octanol–water partition coefficient (Wildman–Crippen LogP) is 2.62. The molecule has 1 aliphatic rings. The molecule has 1 N–H and O–H groups in total. The van der Waals surface area contributed by atoms with E-state index in [0.717, 1.165) is 8.78 Å². The predicted molar refractivity (Wildman–Crippen MR) is 102 cm³/mol. The van der Waals surface area contributed by atoms with Crippen molar-refractivity contribution in [1.29, 1.82) is 0 Å². The van der Waals surface area contributed by atoms with Crippen LogP contribution in [0.25, 0.3) is 0 Å². The fourth-order valence-corrected chi connectivity index (χ4v) is 5.82. The summed E-state index contributed by atoms with van der Waals surface area (Å²) in [5.74, 6) is -0.762. The molecular formula is C16H15BrN2O5S2. The summed E-state index contributed by atoms with van der Waals surface area (Å²) in [7, 11) is -7.56. The number of carbonyl (C=O) groups excluding carboxylic acids is 1. The Labute approximate surface area is 160 Å². The van der Waals surface area contributed by atoms with Gasteiger partial charge in [0.15, 0.2) is 0 Å². The van der Waals surface area contributed by atoms with Gasteiger partial charge >= 0.3 is 0 Å². The summed E-state index contributed by atoms with van der Waals surface area (Å²) in [5, 5.41) is 0. The average Bonchev–Trinajstić information content (AvgIpc) is 2.79. The van der Waals surface area contributed by atoms with Gasteiger partial charge in [-0.25, -0.2) is 21.1 Å². The van der Waals surface area contributed by atoms with Gasteiger partial charge in [-0.1, -0.05) is 22.0 Å². The number of nitrogens with zero attached hydrogens (tertiary/aromatic N) is 1. The molecule has 1 saturated heterocycles. The van der Waals surface area contributed by atoms with E-state index in [-0.39, 0.29) is 22.8 Å². The molecule has 7 nitrogen and oxygen atoms in total. The van der Waals surface area contributed by atoms with Crippen LogP contribution in [0.3, 0.4) is 0 Å². The molecule has 138 valence electrons. The van der Waals surface area contributed by atoms with Gasteiger partial charge in [0.25, 0.3) is 10.0 Å². The molecule has 0 unspecified atom stereocenters. The lowest BCUT2D eigenvalue weighted by Gasteiger charge is -2.17. The summed E-state index contributed by atoms with van der Waals surface area (Å²) in [6.07, 6.45) is -0.0775. The van der Waals surface area contributed by atoms with E-state index in [0.29, 0.717) is 11.3 Å². The lowest BCUT2D eigenvalue weighted by molar-refractivity contribution is -0.116. The van der Waals surface area contributed by atoms with Crippen LogP contribution in [0.5, 0.6) is 0 Å². The summed E-state index contributed by atoms with van der Waals surface area (Å²) in [6.45, 7) is 1.55. The minimum atomic E-state index is -3.87. The van der Waals surface area contributed by atoms with Crippen LogP contribution in [0.1, 0.15) is 12.0 Å². The van der Waals surface area contributed by atoms with E-state index >= 15 is 0 Å². The van der Waals surface area contributed by atoms with Gasteiger partial charge < -0.3 is 0 Å². The Hall–Kier alpha value is -1.91. The van der Waals surface area contributed by atoms with E-state index < -0.39 is 26.0 Å². The molecule has 0 atom stereocenters. The summed E-state index contributed by atoms with van der Waals surface area (Å²) >= 11 is 3.27. The number of hydrogen-bond donors (Lipinski definition) is 1. The van der Waals surface area contributed by atoms with Crippen LogP contribution in [-0.2, 0) is 24.8 Å². The molecule has 10 heteroatoms. The van der Waals surface area contributed by atoms with E-state index in [9.17, 15) is 21.6 Å². The number of benzene rings is 2. The van der Waals surface area contributed by atoms with Crippen molar-refractivity contribution in [3.05, 3.63) is 52.5 Å². The normalized spacial score (nSPS) is 16.7. The van der Waals surface area contributed by atoms with Crippen LogP contribution in [0.2, 0.25) is 0 Å². The SMILES string of the molecule is Cc1cc(N2C(=O)CCS2(=O)=O)ccc1S(=O)(=O)Nc1cccc(Br)c1. The first-order valence-electron chi connectivity index (χ1n) is 7.55. The second-order valence-corrected chi connectivity index (χ2v) is 10.3. The standard InChI is InChI=1S/C16H15BrN2O5S2/c1-11-9-14(19-16(20)7-8-25(19,21)22)5-6-15(11)26(23,24)18-13-4-2-3-12(17)10-13/h2-6,9-10,18H,7-8H2,1H3. The van der Waals surface area contributed by atoms with Crippen LogP contribution >= 0.6 is 15.9 Å². The van der Waals surface area contributed by atoms with E-state index in [2.05, 4.69) is 20.7 Å². The van der Waals surface area contributed by atoms with E-state index in [1.165, 1.54) is 18.2 Å². The molecule has 0 aliphatic carbocycles. The topological polar surface area (TPSA) is 101 Å². The quantitative estimate of drug-likeness (QED) is 0.758. The first kappa shape index (κ1) is 18.9. The van der Waals surface area contributed by atoms with Crippen LogP contribution in [0.15, 0.2) is 51.8 Å². The number of hydrogen-bond acceptors (Lipinski definition) is 5. The van der Waals surface area contributed by atoms with Crippen LogP contribution in [-0.4, -0.2) is 28.5 Å². The lowest BCUT2D eigenvalue weighted by Crippen LogP contribution is -2.29. The van der Waals surface area contributed by atoms with Gasteiger partial charge in [-0.05, 0) is 48.9 Å². The molecule has 1 aliphatic heterocycles. The van der Waals surface area contributed by atoms with Crippen LogP contribution < -0.4 is 9.03 Å². The maximum atomic E-state index is 12.6. The molecular weight excluding hydrogens is 444 g/mol. The summed E-state index contributed by atoms with van der Waals surface area (Å²) in [6, 6.07) is 10.7. The third-order valence-corrected chi connectivity index (χ3v) is 7.56. The third-order valence-electron chi connectivity index (χ3n) is 3.84. The minimum Gasteiger partial charge on any atom is -0.280 e. The number of amides is 1. The van der Waals surface area contributed by atoms with Crippen LogP contribution in [0.4, 0.5) is 11.4 Å². The van der Waals surface area contributed by atoms with Crippen molar-refractivity contribution >= 4 is 53.3 Å². The molecule has 1 heterocycles. The highest BCUT2D eigenvalue weighted by atomic mass is 79.9. The van der Waals surface area contributed by atoms with Crippen molar-refractivity contribution in [2.45, 2.75) is 18.2 Å². The number of sulfonamides is 2. The smallest absolute Gasteiger partial charge is 0.262 e. The molecule has 0 saturated carbocycles. The molecule has 0 radical (unpaired) electrons. The first-order chi connectivity index (χ1) is 12.1. The van der Waals surface area contributed by atoms with Gasteiger partial charge in [0.05, 0.1) is 16.3 Å². The Balaban J connectivity index is 1.96. The zero-order valence-electron chi connectivity index (χ0n) is 13.6. The van der Waals surface area contributed by atoms with Gasteiger partial charge in [-0.15, -0.1) is 0 Å². The molecule has 0 aromatic heterocycles. The van der Waals surface area contributed by atoms with Crippen molar-refractivity contribution in [2.75, 3.05) is 14.8 Å². The van der Waals surface area contributed by atoms with Gasteiger partial charge in [0.1, 0.15) is 0 Å². The molecule has 2 aromatic rings. The van der Waals surface area contributed by atoms with Crippen molar-refractivity contribution in [3.8, 4) is 0 Å². The highest BCUT2D eigenvalue weighted by Gasteiger charge is 2.36. The number of anilines is 2. The summed E-state index contributed by atoms with van der Waals surface area (Å²) in [5.41, 5.74) is 0.867. The maximum absolute atomic E-state index is 12.6. The number of aryl methyl sites for hydroxylation is 1. The summed E-state index contributed by atoms with van der Waals surface area (Å²) < 4.78 is 53.2. The Bertz CT molecular complexity index is 1100. The zero-order chi connectivity index (χ0) is 19.1. The molecule has 26 heavy (non-hydrogen) atoms. The Kier molecular flexibility index (Phi) is 4.84. The minimum absolute atomic E-state index is 0.00488. The molecule has 3 rings (SSSR count). The van der Waals surface area contributed by atoms with Crippen molar-refractivity contribution < 1.29 is 21.6 Å². The lowest BCUT2D eigenvalue weighted by atomic mass is 10.2. The molecule has 2 aromatic carbocycles. The Morgan fingerprint density at radius 3 is 2.46 bits per heavy atom. The fourth-order valence-electron chi connectivity index (χ4n) is 2.69. The van der Waals surface area contributed by atoms with E-state index in [4.69, 9.17) is 0 Å². The zero-order valence-corrected chi connectivity index (χ0v) is 16.9. The van der Waals surface area contributed by atoms with Crippen molar-refractivity contribution in [1.82, 2.24) is 0 Å². The largest absolute Gasteiger partial charge is 0.280 e. The van der Waals surface area contributed by atoms with Gasteiger partial charge in [-0.3, -0.25) is 9.52 Å². The van der Waals surface area contributed by atoms with Crippen molar-refractivity contribution in [2.24, 2.45) is 0 Å². The Morgan fingerprint density at radius 2 is 1.88 bits per heavy atom.